The van der Waals surface area contributed by atoms with Gasteiger partial charge >= 0.3 is 0 Å². The lowest BCUT2D eigenvalue weighted by Gasteiger charge is -2.26. The van der Waals surface area contributed by atoms with E-state index in [4.69, 9.17) is 17.3 Å². The molecule has 1 aliphatic carbocycles. The molecule has 114 valence electrons. The number of imidazole rings is 1. The average Bonchev–Trinajstić information content (AvgIpc) is 2.72. The van der Waals surface area contributed by atoms with Gasteiger partial charge in [-0.15, -0.1) is 0 Å². The van der Waals surface area contributed by atoms with Crippen LogP contribution in [0.5, 0.6) is 0 Å². The van der Waals surface area contributed by atoms with Gasteiger partial charge in [-0.3, -0.25) is 0 Å². The van der Waals surface area contributed by atoms with Gasteiger partial charge in [-0.1, -0.05) is 37.8 Å². The van der Waals surface area contributed by atoms with Crippen molar-refractivity contribution in [3.8, 4) is 0 Å². The zero-order chi connectivity index (χ0) is 15.0. The maximum absolute atomic E-state index is 13.5. The van der Waals surface area contributed by atoms with Gasteiger partial charge in [0.25, 0.3) is 0 Å². The van der Waals surface area contributed by atoms with Crippen molar-refractivity contribution in [2.75, 3.05) is 5.73 Å². The van der Waals surface area contributed by atoms with Crippen LogP contribution in [0, 0.1) is 17.7 Å². The summed E-state index contributed by atoms with van der Waals surface area (Å²) in [6.45, 7) is 3.15. The summed E-state index contributed by atoms with van der Waals surface area (Å²) in [7, 11) is 0. The van der Waals surface area contributed by atoms with E-state index in [1.54, 1.807) is 6.07 Å². The highest BCUT2D eigenvalue weighted by molar-refractivity contribution is 6.31. The quantitative estimate of drug-likeness (QED) is 0.898. The van der Waals surface area contributed by atoms with Crippen molar-refractivity contribution in [2.45, 2.75) is 45.6 Å². The van der Waals surface area contributed by atoms with Crippen LogP contribution in [-0.4, -0.2) is 9.55 Å². The predicted molar refractivity (Wildman–Crippen MR) is 84.9 cm³/mol. The third-order valence-corrected chi connectivity index (χ3v) is 4.92. The molecule has 2 N–H and O–H groups in total. The van der Waals surface area contributed by atoms with Gasteiger partial charge in [0.2, 0.25) is 5.95 Å². The minimum absolute atomic E-state index is 0.120. The molecule has 3 nitrogen and oxygen atoms in total. The minimum Gasteiger partial charge on any atom is -0.369 e. The van der Waals surface area contributed by atoms with Gasteiger partial charge in [-0.2, -0.15) is 0 Å². The Bertz CT molecular complexity index is 652. The molecule has 0 amide bonds. The van der Waals surface area contributed by atoms with Gasteiger partial charge in [-0.05, 0) is 30.7 Å². The molecule has 1 heterocycles. The highest BCUT2D eigenvalue weighted by Gasteiger charge is 2.19. The monoisotopic (exact) mass is 309 g/mol. The molecule has 2 atom stereocenters. The molecule has 1 fully saturated rings. The van der Waals surface area contributed by atoms with Crippen molar-refractivity contribution in [3.05, 3.63) is 23.0 Å². The molecule has 0 saturated heterocycles. The molecule has 1 saturated carbocycles. The van der Waals surface area contributed by atoms with Crippen molar-refractivity contribution in [1.82, 2.24) is 9.55 Å². The molecule has 2 unspecified atom stereocenters. The van der Waals surface area contributed by atoms with Gasteiger partial charge in [0, 0.05) is 12.6 Å². The number of nitrogen functional groups attached to an aromatic ring is 1. The molecule has 5 heteroatoms. The zero-order valence-corrected chi connectivity index (χ0v) is 13.0. The Morgan fingerprint density at radius 1 is 1.43 bits per heavy atom. The lowest BCUT2D eigenvalue weighted by molar-refractivity contribution is 0.262. The Hall–Kier alpha value is -1.29. The van der Waals surface area contributed by atoms with Crippen LogP contribution < -0.4 is 5.73 Å². The Labute approximate surface area is 129 Å². The molecule has 3 rings (SSSR count). The summed E-state index contributed by atoms with van der Waals surface area (Å²) in [5.74, 6) is 1.57. The minimum atomic E-state index is -0.449. The van der Waals surface area contributed by atoms with Crippen LogP contribution >= 0.6 is 11.6 Å². The fourth-order valence-corrected chi connectivity index (χ4v) is 3.67. The van der Waals surface area contributed by atoms with E-state index < -0.39 is 5.82 Å². The van der Waals surface area contributed by atoms with Crippen LogP contribution in [0.1, 0.15) is 39.0 Å². The maximum atomic E-state index is 13.5. The third-order valence-electron chi connectivity index (χ3n) is 4.63. The predicted octanol–water partition coefficient (Wildman–Crippen LogP) is 4.63. The molecule has 2 aromatic rings. The van der Waals surface area contributed by atoms with Crippen LogP contribution in [-0.2, 0) is 6.54 Å². The van der Waals surface area contributed by atoms with Crippen LogP contribution in [0.15, 0.2) is 12.1 Å². The smallest absolute Gasteiger partial charge is 0.201 e. The number of hydrogen-bond donors (Lipinski definition) is 1. The SMILES string of the molecule is CC1CCCC(CCn2c(N)nc3cc(F)c(Cl)cc32)C1. The van der Waals surface area contributed by atoms with Crippen molar-refractivity contribution in [2.24, 2.45) is 11.8 Å². The second-order valence-corrected chi connectivity index (χ2v) is 6.71. The van der Waals surface area contributed by atoms with E-state index in [9.17, 15) is 4.39 Å². The third kappa shape index (κ3) is 3.00. The van der Waals surface area contributed by atoms with Gasteiger partial charge < -0.3 is 10.3 Å². The number of halogens is 2. The van der Waals surface area contributed by atoms with E-state index in [1.807, 2.05) is 4.57 Å². The number of aromatic nitrogens is 2. The summed E-state index contributed by atoms with van der Waals surface area (Å²) >= 11 is 5.88. The molecule has 1 aromatic heterocycles. The topological polar surface area (TPSA) is 43.8 Å². The van der Waals surface area contributed by atoms with Crippen LogP contribution in [0.3, 0.4) is 0 Å². The largest absolute Gasteiger partial charge is 0.369 e. The zero-order valence-electron chi connectivity index (χ0n) is 12.3. The highest BCUT2D eigenvalue weighted by Crippen LogP contribution is 2.32. The normalized spacial score (nSPS) is 22.8. The lowest BCUT2D eigenvalue weighted by atomic mass is 9.81. The number of hydrogen-bond acceptors (Lipinski definition) is 2. The lowest BCUT2D eigenvalue weighted by Crippen LogP contribution is -2.16. The Balaban J connectivity index is 1.80. The average molecular weight is 310 g/mol. The summed E-state index contributed by atoms with van der Waals surface area (Å²) in [4.78, 5) is 4.24. The number of nitrogens with zero attached hydrogens (tertiary/aromatic N) is 2. The molecule has 0 radical (unpaired) electrons. The number of anilines is 1. The fraction of sp³-hybridized carbons (Fsp3) is 0.562. The molecule has 0 aliphatic heterocycles. The molecular weight excluding hydrogens is 289 g/mol. The number of fused-ring (bicyclic) bond motifs is 1. The Morgan fingerprint density at radius 3 is 3.00 bits per heavy atom. The molecule has 21 heavy (non-hydrogen) atoms. The van der Waals surface area contributed by atoms with E-state index in [-0.39, 0.29) is 5.02 Å². The van der Waals surface area contributed by atoms with E-state index in [1.165, 1.54) is 31.7 Å². The maximum Gasteiger partial charge on any atom is 0.201 e. The van der Waals surface area contributed by atoms with Crippen molar-refractivity contribution < 1.29 is 4.39 Å². The standard InChI is InChI=1S/C16H21ClFN3/c1-10-3-2-4-11(7-10)5-6-21-15-8-12(17)13(18)9-14(15)20-16(21)19/h8-11H,2-7H2,1H3,(H2,19,20). The van der Waals surface area contributed by atoms with Gasteiger partial charge in [-0.25, -0.2) is 9.37 Å². The van der Waals surface area contributed by atoms with E-state index >= 15 is 0 Å². The van der Waals surface area contributed by atoms with Crippen molar-refractivity contribution >= 4 is 28.6 Å². The summed E-state index contributed by atoms with van der Waals surface area (Å²) < 4.78 is 15.4. The first kappa shape index (κ1) is 14.6. The van der Waals surface area contributed by atoms with Gasteiger partial charge in [0.1, 0.15) is 5.82 Å². The molecule has 1 aromatic carbocycles. The van der Waals surface area contributed by atoms with E-state index in [0.29, 0.717) is 11.5 Å². The van der Waals surface area contributed by atoms with Gasteiger partial charge in [0.15, 0.2) is 0 Å². The number of rotatable bonds is 3. The second kappa shape index (κ2) is 5.84. The van der Waals surface area contributed by atoms with E-state index in [0.717, 1.165) is 30.3 Å². The molecule has 0 bridgehead atoms. The first-order chi connectivity index (χ1) is 10.0. The summed E-state index contributed by atoms with van der Waals surface area (Å²) in [6, 6.07) is 2.98. The van der Waals surface area contributed by atoms with Crippen LogP contribution in [0.4, 0.5) is 10.3 Å². The Morgan fingerprint density at radius 2 is 2.24 bits per heavy atom. The Kier molecular flexibility index (Phi) is 4.07. The first-order valence-electron chi connectivity index (χ1n) is 7.65. The molecular formula is C16H21ClFN3. The van der Waals surface area contributed by atoms with Gasteiger partial charge in [0.05, 0.1) is 16.1 Å². The molecule has 1 aliphatic rings. The summed E-state index contributed by atoms with van der Waals surface area (Å²) in [5, 5.41) is 0.120. The molecule has 0 spiro atoms. The van der Waals surface area contributed by atoms with Crippen molar-refractivity contribution in [3.63, 3.8) is 0 Å². The first-order valence-corrected chi connectivity index (χ1v) is 8.03. The van der Waals surface area contributed by atoms with E-state index in [2.05, 4.69) is 11.9 Å². The van der Waals surface area contributed by atoms with Crippen LogP contribution in [0.25, 0.3) is 11.0 Å². The summed E-state index contributed by atoms with van der Waals surface area (Å²) in [6.07, 6.45) is 6.35. The van der Waals surface area contributed by atoms with Crippen LogP contribution in [0.2, 0.25) is 5.02 Å². The fourth-order valence-electron chi connectivity index (χ4n) is 3.51. The highest BCUT2D eigenvalue weighted by atomic mass is 35.5. The number of benzene rings is 1. The van der Waals surface area contributed by atoms with Crippen molar-refractivity contribution in [1.29, 1.82) is 0 Å². The second-order valence-electron chi connectivity index (χ2n) is 6.30. The summed E-state index contributed by atoms with van der Waals surface area (Å²) in [5.41, 5.74) is 7.38. The number of aryl methyl sites for hydroxylation is 1. The number of nitrogens with two attached hydrogens (primary N) is 1.